The maximum absolute atomic E-state index is 11.9. The summed E-state index contributed by atoms with van der Waals surface area (Å²) in [5.74, 6) is 0.279. The Morgan fingerprint density at radius 2 is 2.15 bits per heavy atom. The van der Waals surface area contributed by atoms with Crippen molar-refractivity contribution in [3.8, 4) is 0 Å². The van der Waals surface area contributed by atoms with Gasteiger partial charge in [0, 0.05) is 24.5 Å². The summed E-state index contributed by atoms with van der Waals surface area (Å²) in [6, 6.07) is 3.20. The Hall–Kier alpha value is -1.82. The van der Waals surface area contributed by atoms with E-state index in [1.54, 1.807) is 6.07 Å². The van der Waals surface area contributed by atoms with Gasteiger partial charge in [-0.05, 0) is 18.9 Å². The number of nitro groups is 1. The van der Waals surface area contributed by atoms with Gasteiger partial charge < -0.3 is 0 Å². The molecule has 1 heterocycles. The van der Waals surface area contributed by atoms with Crippen LogP contribution < -0.4 is 0 Å². The molecule has 0 unspecified atom stereocenters. The Balaban J connectivity index is 2.41. The summed E-state index contributed by atoms with van der Waals surface area (Å²) < 4.78 is 0.786. The number of benzene rings is 1. The van der Waals surface area contributed by atoms with Crippen molar-refractivity contribution < 1.29 is 9.72 Å². The Bertz CT molecular complexity index is 676. The fourth-order valence-electron chi connectivity index (χ4n) is 2.17. The summed E-state index contributed by atoms with van der Waals surface area (Å²) >= 11 is 1.42. The molecule has 0 fully saturated rings. The van der Waals surface area contributed by atoms with Gasteiger partial charge in [-0.25, -0.2) is 4.98 Å². The van der Waals surface area contributed by atoms with Crippen molar-refractivity contribution in [2.45, 2.75) is 33.6 Å². The molecule has 6 heteroatoms. The molecule has 0 aliphatic carbocycles. The highest BCUT2D eigenvalue weighted by Gasteiger charge is 2.19. The van der Waals surface area contributed by atoms with E-state index in [-0.39, 0.29) is 23.8 Å². The maximum atomic E-state index is 11.9. The second kappa shape index (κ2) is 5.66. The van der Waals surface area contributed by atoms with Crippen molar-refractivity contribution in [2.24, 2.45) is 5.92 Å². The first-order chi connectivity index (χ1) is 9.36. The third kappa shape index (κ3) is 3.19. The van der Waals surface area contributed by atoms with Crippen LogP contribution in [0.15, 0.2) is 12.1 Å². The molecule has 106 valence electrons. The van der Waals surface area contributed by atoms with E-state index in [0.717, 1.165) is 15.2 Å². The normalized spacial score (nSPS) is 11.2. The number of thiazole rings is 1. The number of aromatic nitrogens is 1. The van der Waals surface area contributed by atoms with Crippen LogP contribution in [-0.2, 0) is 11.2 Å². The van der Waals surface area contributed by atoms with E-state index in [1.807, 2.05) is 20.8 Å². The molecule has 1 aromatic carbocycles. The van der Waals surface area contributed by atoms with Crippen molar-refractivity contribution >= 4 is 33.0 Å². The lowest BCUT2D eigenvalue weighted by Crippen LogP contribution is -2.08. The second-order valence-corrected chi connectivity index (χ2v) is 6.49. The van der Waals surface area contributed by atoms with Crippen LogP contribution in [-0.4, -0.2) is 15.7 Å². The van der Waals surface area contributed by atoms with Crippen LogP contribution in [0.4, 0.5) is 5.69 Å². The Morgan fingerprint density at radius 1 is 1.45 bits per heavy atom. The second-order valence-electron chi connectivity index (χ2n) is 5.25. The van der Waals surface area contributed by atoms with Crippen LogP contribution in [0.1, 0.15) is 30.8 Å². The minimum Gasteiger partial charge on any atom is -0.299 e. The topological polar surface area (TPSA) is 73.1 Å². The molecule has 0 N–H and O–H groups in total. The van der Waals surface area contributed by atoms with Gasteiger partial charge in [-0.2, -0.15) is 0 Å². The van der Waals surface area contributed by atoms with Crippen LogP contribution in [0.2, 0.25) is 0 Å². The molecule has 0 spiro atoms. The molecule has 0 bridgehead atoms. The smallest absolute Gasteiger partial charge is 0.274 e. The SMILES string of the molecule is Cc1nc2cc(CC(=O)CC(C)C)c([N+](=O)[O-])cc2s1. The van der Waals surface area contributed by atoms with Crippen molar-refractivity contribution in [2.75, 3.05) is 0 Å². The van der Waals surface area contributed by atoms with Gasteiger partial charge in [0.15, 0.2) is 0 Å². The lowest BCUT2D eigenvalue weighted by Gasteiger charge is -2.05. The molecule has 0 radical (unpaired) electrons. The van der Waals surface area contributed by atoms with E-state index in [0.29, 0.717) is 12.0 Å². The summed E-state index contributed by atoms with van der Waals surface area (Å²) in [6.07, 6.45) is 0.534. The van der Waals surface area contributed by atoms with E-state index in [9.17, 15) is 14.9 Å². The van der Waals surface area contributed by atoms with Crippen molar-refractivity contribution in [3.63, 3.8) is 0 Å². The highest BCUT2D eigenvalue weighted by Crippen LogP contribution is 2.30. The number of aryl methyl sites for hydroxylation is 1. The largest absolute Gasteiger partial charge is 0.299 e. The summed E-state index contributed by atoms with van der Waals surface area (Å²) in [5.41, 5.74) is 1.20. The maximum Gasteiger partial charge on any atom is 0.274 e. The van der Waals surface area contributed by atoms with E-state index < -0.39 is 4.92 Å². The molecule has 0 saturated carbocycles. The van der Waals surface area contributed by atoms with E-state index >= 15 is 0 Å². The zero-order valence-corrected chi connectivity index (χ0v) is 12.5. The summed E-state index contributed by atoms with van der Waals surface area (Å²) in [6.45, 7) is 5.78. The Morgan fingerprint density at radius 3 is 2.75 bits per heavy atom. The molecule has 0 saturated heterocycles. The van der Waals surface area contributed by atoms with Gasteiger partial charge in [0.05, 0.1) is 20.1 Å². The molecule has 2 aromatic rings. The number of carbonyl (C=O) groups excluding carboxylic acids is 1. The zero-order valence-electron chi connectivity index (χ0n) is 11.7. The van der Waals surface area contributed by atoms with Gasteiger partial charge in [-0.1, -0.05) is 13.8 Å². The quantitative estimate of drug-likeness (QED) is 0.622. The number of hydrogen-bond donors (Lipinski definition) is 0. The lowest BCUT2D eigenvalue weighted by atomic mass is 10.00. The van der Waals surface area contributed by atoms with E-state index in [2.05, 4.69) is 4.98 Å². The fourth-order valence-corrected chi connectivity index (χ4v) is 3.02. The van der Waals surface area contributed by atoms with E-state index in [1.165, 1.54) is 17.4 Å². The monoisotopic (exact) mass is 292 g/mol. The Kier molecular flexibility index (Phi) is 4.13. The highest BCUT2D eigenvalue weighted by atomic mass is 32.1. The summed E-state index contributed by atoms with van der Waals surface area (Å²) in [5, 5.41) is 12.0. The summed E-state index contributed by atoms with van der Waals surface area (Å²) in [4.78, 5) is 27.0. The van der Waals surface area contributed by atoms with Gasteiger partial charge in [-0.3, -0.25) is 14.9 Å². The number of rotatable bonds is 5. The van der Waals surface area contributed by atoms with Gasteiger partial charge in [-0.15, -0.1) is 11.3 Å². The van der Waals surface area contributed by atoms with Gasteiger partial charge in [0.2, 0.25) is 0 Å². The number of carbonyl (C=O) groups is 1. The van der Waals surface area contributed by atoms with Crippen molar-refractivity contribution in [3.05, 3.63) is 32.8 Å². The van der Waals surface area contributed by atoms with Gasteiger partial charge in [0.25, 0.3) is 5.69 Å². The first-order valence-electron chi connectivity index (χ1n) is 6.43. The first-order valence-corrected chi connectivity index (χ1v) is 7.24. The molecule has 20 heavy (non-hydrogen) atoms. The van der Waals surface area contributed by atoms with Crippen LogP contribution in [0.3, 0.4) is 0 Å². The average Bonchev–Trinajstić information content (AvgIpc) is 2.65. The summed E-state index contributed by atoms with van der Waals surface area (Å²) in [7, 11) is 0. The standard InChI is InChI=1S/C14H16N2O3S/c1-8(2)4-11(17)5-10-6-12-14(20-9(3)15-12)7-13(10)16(18)19/h6-8H,4-5H2,1-3H3. The van der Waals surface area contributed by atoms with E-state index in [4.69, 9.17) is 0 Å². The number of ketones is 1. The first kappa shape index (κ1) is 14.6. The number of Topliss-reactive ketones (excluding diaryl/α,β-unsaturated/α-hetero) is 1. The Labute approximate surface area is 120 Å². The molecule has 5 nitrogen and oxygen atoms in total. The molecule has 0 aliphatic rings. The van der Waals surface area contributed by atoms with Crippen molar-refractivity contribution in [1.82, 2.24) is 4.98 Å². The molecule has 0 atom stereocenters. The molecule has 1 aromatic heterocycles. The number of fused-ring (bicyclic) bond motifs is 1. The van der Waals surface area contributed by atoms with Crippen LogP contribution in [0.25, 0.3) is 10.2 Å². The molecular weight excluding hydrogens is 276 g/mol. The van der Waals surface area contributed by atoms with Gasteiger partial charge >= 0.3 is 0 Å². The molecular formula is C14H16N2O3S. The molecule has 2 rings (SSSR count). The van der Waals surface area contributed by atoms with Crippen molar-refractivity contribution in [1.29, 1.82) is 0 Å². The molecule has 0 aliphatic heterocycles. The van der Waals surface area contributed by atoms with Crippen LogP contribution in [0, 0.1) is 23.0 Å². The number of nitro benzene ring substituents is 1. The molecule has 0 amide bonds. The average molecular weight is 292 g/mol. The third-order valence-electron chi connectivity index (χ3n) is 2.92. The lowest BCUT2D eigenvalue weighted by molar-refractivity contribution is -0.385. The zero-order chi connectivity index (χ0) is 14.9. The predicted molar refractivity (Wildman–Crippen MR) is 79.2 cm³/mol. The highest BCUT2D eigenvalue weighted by molar-refractivity contribution is 7.18. The minimum atomic E-state index is -0.424. The van der Waals surface area contributed by atoms with Crippen LogP contribution in [0.5, 0.6) is 0 Å². The third-order valence-corrected chi connectivity index (χ3v) is 3.85. The fraction of sp³-hybridized carbons (Fsp3) is 0.429. The predicted octanol–water partition coefficient (Wildman–Crippen LogP) is 3.67. The van der Waals surface area contributed by atoms with Crippen LogP contribution >= 0.6 is 11.3 Å². The van der Waals surface area contributed by atoms with Gasteiger partial charge in [0.1, 0.15) is 5.78 Å². The number of hydrogen-bond acceptors (Lipinski definition) is 5. The minimum absolute atomic E-state index is 0.0123. The number of nitrogens with zero attached hydrogens (tertiary/aromatic N) is 2.